The maximum atomic E-state index is 14.3. The lowest BCUT2D eigenvalue weighted by atomic mass is 9.81. The molecule has 4 aromatic rings. The number of aryl methyl sites for hydroxylation is 1. The Kier molecular flexibility index (Phi) is 14.6. The molecule has 9 rings (SSSR count). The molecule has 3 amide bonds. The Hall–Kier alpha value is -6.24. The van der Waals surface area contributed by atoms with Gasteiger partial charge in [-0.1, -0.05) is 57.2 Å². The molecule has 4 fully saturated rings. The van der Waals surface area contributed by atoms with Crippen LogP contribution in [0.5, 0.6) is 5.75 Å². The van der Waals surface area contributed by atoms with E-state index in [0.29, 0.717) is 23.3 Å². The van der Waals surface area contributed by atoms with Crippen LogP contribution in [0.25, 0.3) is 16.1 Å². The normalized spacial score (nSPS) is 23.0. The number of rotatable bonds is 12. The molecule has 17 nitrogen and oxygen atoms in total. The van der Waals surface area contributed by atoms with Crippen molar-refractivity contribution in [3.63, 3.8) is 0 Å². The number of nitrogens with zero attached hydrogens (tertiary/aromatic N) is 7. The fourth-order valence-corrected chi connectivity index (χ4v) is 11.6. The van der Waals surface area contributed by atoms with Gasteiger partial charge in [0.1, 0.15) is 23.7 Å². The molecule has 18 heteroatoms. The number of piperazine rings is 1. The van der Waals surface area contributed by atoms with E-state index in [9.17, 15) is 24.6 Å². The number of phenols is 1. The van der Waals surface area contributed by atoms with Crippen molar-refractivity contribution in [2.45, 2.75) is 109 Å². The van der Waals surface area contributed by atoms with Gasteiger partial charge in [-0.25, -0.2) is 15.0 Å². The third-order valence-corrected chi connectivity index (χ3v) is 15.9. The summed E-state index contributed by atoms with van der Waals surface area (Å²) in [6, 6.07) is 13.9. The molecule has 5 aliphatic rings. The Balaban J connectivity index is 0.718. The van der Waals surface area contributed by atoms with Crippen LogP contribution < -0.4 is 32.1 Å². The van der Waals surface area contributed by atoms with Gasteiger partial charge in [-0.15, -0.1) is 11.3 Å². The van der Waals surface area contributed by atoms with Gasteiger partial charge in [0.05, 0.1) is 33.6 Å². The van der Waals surface area contributed by atoms with Gasteiger partial charge < -0.3 is 46.2 Å². The van der Waals surface area contributed by atoms with Crippen LogP contribution in [0.2, 0.25) is 0 Å². The second-order valence-corrected chi connectivity index (χ2v) is 21.5. The molecule has 4 aliphatic heterocycles. The Bertz CT molecular complexity index is 2550. The summed E-state index contributed by atoms with van der Waals surface area (Å²) in [5, 5.41) is 27.2. The maximum Gasteiger partial charge on any atom is 0.246 e. The van der Waals surface area contributed by atoms with Gasteiger partial charge >= 0.3 is 0 Å². The SMILES string of the molecule is Cc1ncsc1-c1ccc(CNC(=O)[C@@H]2C[C@@H](O)CN2C(=O)[C@@H](NC(=O)C2CCC(N3CCC(c4cnc(N5CCN(C6=C(N)NNC(c7ccccc7O)=C6)CC5)nc4)CC3)CC2)C(C)(C)C)cc1. The van der Waals surface area contributed by atoms with E-state index in [1.54, 1.807) is 23.5 Å². The lowest BCUT2D eigenvalue weighted by Crippen LogP contribution is -2.58. The largest absolute Gasteiger partial charge is 0.507 e. The van der Waals surface area contributed by atoms with Crippen LogP contribution in [0.4, 0.5) is 5.95 Å². The number of carbonyl (C=O) groups excluding carboxylic acids is 3. The van der Waals surface area contributed by atoms with Crippen molar-refractivity contribution in [2.75, 3.05) is 50.7 Å². The molecule has 2 aromatic heterocycles. The van der Waals surface area contributed by atoms with Gasteiger partial charge in [0.15, 0.2) is 0 Å². The Morgan fingerprint density at radius 3 is 2.21 bits per heavy atom. The fraction of sp³-hybridized carbons (Fsp3) is 0.500. The molecule has 1 saturated carbocycles. The number of β-amino-alcohol motifs (C(OH)–C–C–N with tert-alkyl or cyclic N) is 1. The Morgan fingerprint density at radius 1 is 0.871 bits per heavy atom. The second-order valence-electron chi connectivity index (χ2n) is 20.6. The van der Waals surface area contributed by atoms with Crippen LogP contribution in [0.3, 0.4) is 0 Å². The zero-order valence-electron chi connectivity index (χ0n) is 40.7. The molecule has 372 valence electrons. The van der Waals surface area contributed by atoms with Gasteiger partial charge in [-0.2, -0.15) is 0 Å². The molecule has 1 aliphatic carbocycles. The number of allylic oxidation sites excluding steroid dienone is 1. The summed E-state index contributed by atoms with van der Waals surface area (Å²) in [7, 11) is 0. The third-order valence-electron chi connectivity index (χ3n) is 14.9. The zero-order chi connectivity index (χ0) is 49.1. The van der Waals surface area contributed by atoms with Crippen molar-refractivity contribution < 1.29 is 24.6 Å². The van der Waals surface area contributed by atoms with Crippen molar-refractivity contribution in [2.24, 2.45) is 17.1 Å². The minimum absolute atomic E-state index is 0.0379. The summed E-state index contributed by atoms with van der Waals surface area (Å²) in [5.74, 6) is 0.871. The second kappa shape index (κ2) is 21.0. The molecule has 0 bridgehead atoms. The number of aliphatic hydroxyl groups is 1. The van der Waals surface area contributed by atoms with Crippen LogP contribution in [-0.2, 0) is 20.9 Å². The summed E-state index contributed by atoms with van der Waals surface area (Å²) in [6.07, 6.45) is 10.7. The minimum Gasteiger partial charge on any atom is -0.507 e. The van der Waals surface area contributed by atoms with E-state index >= 15 is 0 Å². The Morgan fingerprint density at radius 2 is 1.56 bits per heavy atom. The van der Waals surface area contributed by atoms with Crippen molar-refractivity contribution in [3.8, 4) is 16.2 Å². The number of thiazole rings is 1. The van der Waals surface area contributed by atoms with Crippen molar-refractivity contribution in [1.29, 1.82) is 0 Å². The predicted molar refractivity (Wildman–Crippen MR) is 270 cm³/mol. The summed E-state index contributed by atoms with van der Waals surface area (Å²) in [5.41, 5.74) is 20.2. The predicted octanol–water partition coefficient (Wildman–Crippen LogP) is 4.56. The average Bonchev–Trinajstić information content (AvgIpc) is 4.00. The van der Waals surface area contributed by atoms with E-state index < -0.39 is 23.6 Å². The van der Waals surface area contributed by atoms with Crippen molar-refractivity contribution in [1.82, 2.24) is 51.1 Å². The van der Waals surface area contributed by atoms with E-state index in [-0.39, 0.29) is 48.9 Å². The lowest BCUT2D eigenvalue weighted by molar-refractivity contribution is -0.144. The molecule has 0 spiro atoms. The van der Waals surface area contributed by atoms with E-state index in [0.717, 1.165) is 117 Å². The number of para-hydroxylation sites is 1. The van der Waals surface area contributed by atoms with Gasteiger partial charge in [0, 0.05) is 75.6 Å². The van der Waals surface area contributed by atoms with E-state index in [1.165, 1.54) is 10.5 Å². The van der Waals surface area contributed by atoms with E-state index in [2.05, 4.69) is 41.2 Å². The Labute approximate surface area is 414 Å². The number of likely N-dealkylation sites (tertiary alicyclic amines) is 2. The van der Waals surface area contributed by atoms with Crippen molar-refractivity contribution >= 4 is 40.7 Å². The first kappa shape index (κ1) is 48.8. The van der Waals surface area contributed by atoms with Crippen LogP contribution in [0.1, 0.15) is 94.0 Å². The van der Waals surface area contributed by atoms with Gasteiger partial charge in [0.2, 0.25) is 23.7 Å². The van der Waals surface area contributed by atoms with E-state index in [1.807, 2.05) is 88.1 Å². The third kappa shape index (κ3) is 10.9. The number of phenolic OH excluding ortho intramolecular Hbond substituents is 1. The standard InChI is InChI=1S/C52H68N12O5S/c1-32-45(70-31-57-32)35-11-9-33(10-12-35)27-54-49(68)43-25-39(65)30-64(43)50(69)46(52(2,3)4)58-48(67)36-13-15-38(16-14-36)61-19-17-34(18-20-61)37-28-55-51(56-29-37)63-23-21-62(22-24-63)42-26-41(59-60-47(42)53)40-7-5-6-8-44(40)66/h5-12,26,28-29,31,34,36,38-39,43,46,59-60,65-66H,13-25,27,30,53H2,1-4H3,(H,54,68)(H,58,67)/t36?,38?,39-,43+,46-/m1/s1. The number of piperidine rings is 1. The average molecular weight is 973 g/mol. The number of hydrogen-bond acceptors (Lipinski definition) is 15. The number of amides is 3. The minimum atomic E-state index is -0.854. The number of nitrogens with one attached hydrogen (secondary N) is 4. The molecule has 6 heterocycles. The lowest BCUT2D eigenvalue weighted by Gasteiger charge is -2.41. The molecule has 0 radical (unpaired) electrons. The number of aliphatic hydroxyl groups excluding tert-OH is 1. The number of nitrogens with two attached hydrogens (primary N) is 1. The van der Waals surface area contributed by atoms with Crippen molar-refractivity contribution in [3.05, 3.63) is 106 Å². The summed E-state index contributed by atoms with van der Waals surface area (Å²) < 4.78 is 0. The first-order valence-electron chi connectivity index (χ1n) is 24.8. The summed E-state index contributed by atoms with van der Waals surface area (Å²) in [6.45, 7) is 13.0. The number of anilines is 1. The summed E-state index contributed by atoms with van der Waals surface area (Å²) in [4.78, 5) is 65.4. The molecule has 3 saturated heterocycles. The van der Waals surface area contributed by atoms with Crippen LogP contribution in [0.15, 0.2) is 84.0 Å². The number of hydrazine groups is 1. The number of carbonyl (C=O) groups is 3. The quantitative estimate of drug-likeness (QED) is 0.104. The number of benzene rings is 2. The monoisotopic (exact) mass is 973 g/mol. The molecule has 2 aromatic carbocycles. The molecule has 0 unspecified atom stereocenters. The number of aromatic hydroxyl groups is 1. The highest BCUT2D eigenvalue weighted by Gasteiger charge is 2.45. The van der Waals surface area contributed by atoms with Gasteiger partial charge in [-0.3, -0.25) is 25.2 Å². The molecular formula is C52H68N12O5S. The number of hydrogen-bond donors (Lipinski definition) is 7. The smallest absolute Gasteiger partial charge is 0.246 e. The molecule has 8 N–H and O–H groups in total. The maximum absolute atomic E-state index is 14.3. The zero-order valence-corrected chi connectivity index (χ0v) is 41.6. The van der Waals surface area contributed by atoms with E-state index in [4.69, 9.17) is 15.7 Å². The molecular weight excluding hydrogens is 905 g/mol. The summed E-state index contributed by atoms with van der Waals surface area (Å²) >= 11 is 1.59. The molecule has 70 heavy (non-hydrogen) atoms. The molecule has 3 atom stereocenters. The highest BCUT2D eigenvalue weighted by molar-refractivity contribution is 7.13. The highest BCUT2D eigenvalue weighted by atomic mass is 32.1. The first-order valence-corrected chi connectivity index (χ1v) is 25.7. The first-order chi connectivity index (χ1) is 33.7. The van der Waals surface area contributed by atoms with Crippen LogP contribution in [-0.4, -0.2) is 128 Å². The van der Waals surface area contributed by atoms with Gasteiger partial charge in [0.25, 0.3) is 0 Å². The van der Waals surface area contributed by atoms with Crippen LogP contribution >= 0.6 is 11.3 Å². The fourth-order valence-electron chi connectivity index (χ4n) is 10.8. The highest BCUT2D eigenvalue weighted by Crippen LogP contribution is 2.35. The van der Waals surface area contributed by atoms with Crippen LogP contribution in [0, 0.1) is 18.3 Å². The number of aromatic nitrogens is 3. The topological polar surface area (TPSA) is 217 Å². The van der Waals surface area contributed by atoms with Gasteiger partial charge in [-0.05, 0) is 105 Å².